The molecule has 0 unspecified atom stereocenters. The molecule has 2 saturated carbocycles. The number of rotatable bonds is 12. The van der Waals surface area contributed by atoms with Gasteiger partial charge in [-0.25, -0.2) is 0 Å². The zero-order chi connectivity index (χ0) is 27.6. The smallest absolute Gasteiger partial charge is 0.245 e. The van der Waals surface area contributed by atoms with Gasteiger partial charge in [0.2, 0.25) is 5.91 Å². The van der Waals surface area contributed by atoms with E-state index in [9.17, 15) is 4.79 Å². The van der Waals surface area contributed by atoms with Crippen molar-refractivity contribution in [2.45, 2.75) is 110 Å². The van der Waals surface area contributed by atoms with E-state index in [0.717, 1.165) is 43.1 Å². The highest BCUT2D eigenvalue weighted by Gasteiger charge is 2.31. The Balaban J connectivity index is 1.24. The topological polar surface area (TPSA) is 20.3 Å². The van der Waals surface area contributed by atoms with E-state index in [-0.39, 0.29) is 5.91 Å². The van der Waals surface area contributed by atoms with Crippen LogP contribution in [0.3, 0.4) is 0 Å². The number of carbonyl (C=O) groups is 1. The molecule has 0 atom stereocenters. The van der Waals surface area contributed by atoms with Gasteiger partial charge < -0.3 is 4.90 Å². The Labute approximate surface area is 239 Å². The third-order valence-electron chi connectivity index (χ3n) is 10.0. The Kier molecular flexibility index (Phi) is 11.3. The van der Waals surface area contributed by atoms with Crippen LogP contribution in [0.5, 0.6) is 0 Å². The Bertz CT molecular complexity index is 1040. The van der Waals surface area contributed by atoms with Gasteiger partial charge in [-0.3, -0.25) is 4.79 Å². The Morgan fingerprint density at radius 1 is 0.897 bits per heavy atom. The fraction of sp³-hybridized carbons (Fsp3) is 0.595. The number of aryl methyl sites for hydroxylation is 2. The molecule has 1 amide bonds. The molecule has 2 aromatic carbocycles. The van der Waals surface area contributed by atoms with Crippen LogP contribution in [0, 0.1) is 24.7 Å². The number of hydrogen-bond donors (Lipinski definition) is 0. The van der Waals surface area contributed by atoms with E-state index < -0.39 is 0 Å². The average molecular weight is 528 g/mol. The maximum atomic E-state index is 11.7. The summed E-state index contributed by atoms with van der Waals surface area (Å²) in [4.78, 5) is 13.4. The minimum absolute atomic E-state index is 0.00608. The predicted octanol–water partition coefficient (Wildman–Crippen LogP) is 9.90. The maximum absolute atomic E-state index is 11.7. The first-order valence-electron chi connectivity index (χ1n) is 16.1. The quantitative estimate of drug-likeness (QED) is 0.199. The molecule has 0 aliphatic heterocycles. The molecule has 212 valence electrons. The highest BCUT2D eigenvalue weighted by Crippen LogP contribution is 2.44. The lowest BCUT2D eigenvalue weighted by atomic mass is 9.68. The second kappa shape index (κ2) is 14.9. The van der Waals surface area contributed by atoms with Gasteiger partial charge in [0.05, 0.1) is 0 Å². The van der Waals surface area contributed by atoms with Gasteiger partial charge in [-0.05, 0) is 116 Å². The highest BCUT2D eigenvalue weighted by atomic mass is 16.2. The summed E-state index contributed by atoms with van der Waals surface area (Å²) in [5, 5.41) is 0. The molecule has 0 radical (unpaired) electrons. The van der Waals surface area contributed by atoms with Gasteiger partial charge >= 0.3 is 0 Å². The van der Waals surface area contributed by atoms with Crippen LogP contribution in [0.4, 0.5) is 0 Å². The van der Waals surface area contributed by atoms with Crippen molar-refractivity contribution in [3.63, 3.8) is 0 Å². The van der Waals surface area contributed by atoms with E-state index in [0.29, 0.717) is 0 Å². The number of carbonyl (C=O) groups excluding carboxylic acids is 1. The largest absolute Gasteiger partial charge is 0.342 e. The summed E-state index contributed by atoms with van der Waals surface area (Å²) in [6.45, 7) is 8.87. The number of nitrogens with zero attached hydrogens (tertiary/aromatic N) is 1. The average Bonchev–Trinajstić information content (AvgIpc) is 2.97. The second-order valence-corrected chi connectivity index (χ2v) is 12.7. The van der Waals surface area contributed by atoms with Crippen molar-refractivity contribution in [3.05, 3.63) is 71.8 Å². The minimum Gasteiger partial charge on any atom is -0.342 e. The van der Waals surface area contributed by atoms with Gasteiger partial charge in [0.25, 0.3) is 0 Å². The summed E-state index contributed by atoms with van der Waals surface area (Å²) in [6.07, 6.45) is 20.7. The van der Waals surface area contributed by atoms with Gasteiger partial charge in [-0.15, -0.1) is 0 Å². The molecule has 39 heavy (non-hydrogen) atoms. The molecular weight excluding hydrogens is 474 g/mol. The third-order valence-corrected chi connectivity index (χ3v) is 10.0. The predicted molar refractivity (Wildman–Crippen MR) is 167 cm³/mol. The molecule has 4 rings (SSSR count). The van der Waals surface area contributed by atoms with Crippen molar-refractivity contribution in [1.82, 2.24) is 4.90 Å². The Morgan fingerprint density at radius 2 is 1.56 bits per heavy atom. The normalized spacial score (nSPS) is 23.4. The molecule has 0 aromatic heterocycles. The van der Waals surface area contributed by atoms with E-state index in [1.54, 1.807) is 10.5 Å². The molecule has 0 N–H and O–H groups in total. The molecule has 2 aromatic rings. The van der Waals surface area contributed by atoms with Crippen LogP contribution in [0.2, 0.25) is 0 Å². The molecule has 2 nitrogen and oxygen atoms in total. The Morgan fingerprint density at radius 3 is 2.18 bits per heavy atom. The van der Waals surface area contributed by atoms with Crippen LogP contribution in [-0.4, -0.2) is 24.4 Å². The highest BCUT2D eigenvalue weighted by molar-refractivity contribution is 5.86. The molecule has 2 heteroatoms. The second-order valence-electron chi connectivity index (χ2n) is 12.7. The lowest BCUT2D eigenvalue weighted by Gasteiger charge is -2.38. The molecule has 2 aliphatic rings. The van der Waals surface area contributed by atoms with Crippen LogP contribution in [0.1, 0.15) is 113 Å². The van der Waals surface area contributed by atoms with E-state index in [1.807, 2.05) is 7.05 Å². The van der Waals surface area contributed by atoms with Crippen molar-refractivity contribution in [3.8, 4) is 11.1 Å². The van der Waals surface area contributed by atoms with Crippen LogP contribution in [0.15, 0.2) is 55.1 Å². The maximum Gasteiger partial charge on any atom is 0.245 e. The first-order valence-corrected chi connectivity index (χ1v) is 16.1. The summed E-state index contributed by atoms with van der Waals surface area (Å²) in [5.74, 6) is 3.77. The molecule has 0 heterocycles. The molecule has 0 bridgehead atoms. The summed E-state index contributed by atoms with van der Waals surface area (Å²) in [7, 11) is 1.84. The number of amides is 1. The number of likely N-dealkylation sites (N-methyl/N-ethyl adjacent to an activating group) is 1. The first kappa shape index (κ1) is 29.6. The summed E-state index contributed by atoms with van der Waals surface area (Å²) < 4.78 is 0. The van der Waals surface area contributed by atoms with Gasteiger partial charge in [0.1, 0.15) is 0 Å². The standard InChI is InChI=1S/C37H53NO/c1-5-7-8-10-29-12-15-31(16-13-29)32-17-19-33(20-18-32)34-21-23-35(24-22-34)36-25-14-30(27-28(36)3)11-9-26-38(4)37(39)6-2/h6,14,21-25,27,29,31-33H,2,5,7-13,15-20,26H2,1,3-4H3. The zero-order valence-corrected chi connectivity index (χ0v) is 25.1. The fourth-order valence-electron chi connectivity index (χ4n) is 7.48. The first-order chi connectivity index (χ1) is 19.0. The fourth-order valence-corrected chi connectivity index (χ4v) is 7.48. The van der Waals surface area contributed by atoms with Gasteiger partial charge in [-0.1, -0.05) is 94.5 Å². The van der Waals surface area contributed by atoms with Crippen molar-refractivity contribution in [2.24, 2.45) is 17.8 Å². The molecule has 2 aliphatic carbocycles. The lowest BCUT2D eigenvalue weighted by Crippen LogP contribution is -2.25. The number of hydrogen-bond acceptors (Lipinski definition) is 1. The lowest BCUT2D eigenvalue weighted by molar-refractivity contribution is -0.124. The number of benzene rings is 2. The van der Waals surface area contributed by atoms with Gasteiger partial charge in [0.15, 0.2) is 0 Å². The van der Waals surface area contributed by atoms with Crippen molar-refractivity contribution in [1.29, 1.82) is 0 Å². The van der Waals surface area contributed by atoms with Crippen LogP contribution in [0.25, 0.3) is 11.1 Å². The summed E-state index contributed by atoms with van der Waals surface area (Å²) in [5.41, 5.74) is 6.87. The minimum atomic E-state index is -0.00608. The van der Waals surface area contributed by atoms with Gasteiger partial charge in [0, 0.05) is 13.6 Å². The molecule has 2 fully saturated rings. The van der Waals surface area contributed by atoms with Crippen LogP contribution in [-0.2, 0) is 11.2 Å². The van der Waals surface area contributed by atoms with Crippen LogP contribution >= 0.6 is 0 Å². The van der Waals surface area contributed by atoms with E-state index in [2.05, 4.69) is 62.9 Å². The van der Waals surface area contributed by atoms with Crippen LogP contribution < -0.4 is 0 Å². The van der Waals surface area contributed by atoms with E-state index in [4.69, 9.17) is 0 Å². The Hall–Kier alpha value is -2.35. The van der Waals surface area contributed by atoms with Gasteiger partial charge in [-0.2, -0.15) is 0 Å². The SMILES string of the molecule is C=CC(=O)N(C)CCCc1ccc(-c2ccc(C3CCC(C4CCC(CCCCC)CC4)CC3)cc2)c(C)c1. The molecule has 0 saturated heterocycles. The van der Waals surface area contributed by atoms with E-state index >= 15 is 0 Å². The van der Waals surface area contributed by atoms with E-state index in [1.165, 1.54) is 105 Å². The molecular formula is C37H53NO. The van der Waals surface area contributed by atoms with Crippen molar-refractivity contribution < 1.29 is 4.79 Å². The van der Waals surface area contributed by atoms with Crippen molar-refractivity contribution in [2.75, 3.05) is 13.6 Å². The van der Waals surface area contributed by atoms with Crippen molar-refractivity contribution >= 4 is 5.91 Å². The monoisotopic (exact) mass is 527 g/mol. The summed E-state index contributed by atoms with van der Waals surface area (Å²) >= 11 is 0. The zero-order valence-electron chi connectivity index (χ0n) is 25.1. The summed E-state index contributed by atoms with van der Waals surface area (Å²) in [6, 6.07) is 16.4. The molecule has 0 spiro atoms. The number of unbranched alkanes of at least 4 members (excludes halogenated alkanes) is 2. The third kappa shape index (κ3) is 8.32.